The topological polar surface area (TPSA) is 38.3 Å². The van der Waals surface area contributed by atoms with E-state index in [1.807, 2.05) is 25.6 Å². The Labute approximate surface area is 103 Å². The van der Waals surface area contributed by atoms with Crippen LogP contribution in [0.4, 0.5) is 0 Å². The van der Waals surface area contributed by atoms with E-state index in [0.29, 0.717) is 11.4 Å². The highest BCUT2D eigenvalue weighted by Crippen LogP contribution is 2.36. The molecule has 0 radical (unpaired) electrons. The molecule has 2 atom stereocenters. The van der Waals surface area contributed by atoms with Crippen LogP contribution in [0.2, 0.25) is 0 Å². The fraction of sp³-hybridized carbons (Fsp3) is 0.917. The third kappa shape index (κ3) is 4.34. The SMILES string of the molecule is CCOC(=O)C(C)CNCC1(C)CCCS1. The van der Waals surface area contributed by atoms with Gasteiger partial charge in [0.2, 0.25) is 0 Å². The molecule has 94 valence electrons. The quantitative estimate of drug-likeness (QED) is 0.727. The van der Waals surface area contributed by atoms with Crippen LogP contribution in [-0.4, -0.2) is 36.2 Å². The molecule has 2 unspecified atom stereocenters. The van der Waals surface area contributed by atoms with Crippen LogP contribution in [0.3, 0.4) is 0 Å². The van der Waals surface area contributed by atoms with Gasteiger partial charge in [0, 0.05) is 17.8 Å². The lowest BCUT2D eigenvalue weighted by Gasteiger charge is -2.23. The fourth-order valence-electron chi connectivity index (χ4n) is 1.90. The fourth-order valence-corrected chi connectivity index (χ4v) is 3.17. The first-order valence-corrected chi connectivity index (χ1v) is 7.07. The molecule has 0 saturated carbocycles. The summed E-state index contributed by atoms with van der Waals surface area (Å²) in [6.45, 7) is 8.23. The van der Waals surface area contributed by atoms with Gasteiger partial charge >= 0.3 is 5.97 Å². The van der Waals surface area contributed by atoms with Gasteiger partial charge in [-0.15, -0.1) is 0 Å². The Morgan fingerprint density at radius 1 is 1.62 bits per heavy atom. The molecule has 0 aromatic rings. The summed E-state index contributed by atoms with van der Waals surface area (Å²) in [7, 11) is 0. The standard InChI is InChI=1S/C12H23NO2S/c1-4-15-11(14)10(2)8-13-9-12(3)6-5-7-16-12/h10,13H,4-9H2,1-3H3. The number of esters is 1. The van der Waals surface area contributed by atoms with Gasteiger partial charge in [-0.3, -0.25) is 4.79 Å². The number of hydrogen-bond donors (Lipinski definition) is 1. The molecule has 1 aliphatic heterocycles. The Bertz CT molecular complexity index is 227. The van der Waals surface area contributed by atoms with Crippen LogP contribution < -0.4 is 5.32 Å². The van der Waals surface area contributed by atoms with E-state index in [2.05, 4.69) is 12.2 Å². The van der Waals surface area contributed by atoms with E-state index in [0.717, 1.165) is 13.1 Å². The number of carbonyl (C=O) groups is 1. The smallest absolute Gasteiger partial charge is 0.309 e. The Hall–Kier alpha value is -0.220. The summed E-state index contributed by atoms with van der Waals surface area (Å²) in [4.78, 5) is 11.4. The van der Waals surface area contributed by atoms with Crippen molar-refractivity contribution < 1.29 is 9.53 Å². The molecule has 1 saturated heterocycles. The van der Waals surface area contributed by atoms with E-state index >= 15 is 0 Å². The van der Waals surface area contributed by atoms with Crippen LogP contribution >= 0.6 is 11.8 Å². The van der Waals surface area contributed by atoms with Crippen molar-refractivity contribution in [3.8, 4) is 0 Å². The van der Waals surface area contributed by atoms with E-state index in [9.17, 15) is 4.79 Å². The van der Waals surface area contributed by atoms with E-state index in [1.54, 1.807) is 0 Å². The molecule has 4 heteroatoms. The van der Waals surface area contributed by atoms with Crippen LogP contribution in [0.25, 0.3) is 0 Å². The molecule has 0 aliphatic carbocycles. The molecule has 1 aliphatic rings. The zero-order valence-corrected chi connectivity index (χ0v) is 11.4. The first-order chi connectivity index (χ1) is 7.57. The summed E-state index contributed by atoms with van der Waals surface area (Å²) in [5.74, 6) is 1.13. The highest BCUT2D eigenvalue weighted by Gasteiger charge is 2.29. The minimum Gasteiger partial charge on any atom is -0.466 e. The number of carbonyl (C=O) groups excluding carboxylic acids is 1. The Kier molecular flexibility index (Phi) is 5.62. The summed E-state index contributed by atoms with van der Waals surface area (Å²) in [5, 5.41) is 3.39. The third-order valence-corrected chi connectivity index (χ3v) is 4.48. The maximum absolute atomic E-state index is 11.4. The molecule has 0 aromatic heterocycles. The molecule has 1 heterocycles. The van der Waals surface area contributed by atoms with Crippen molar-refractivity contribution in [1.82, 2.24) is 5.32 Å². The lowest BCUT2D eigenvalue weighted by atomic mass is 10.1. The molecule has 0 amide bonds. The summed E-state index contributed by atoms with van der Waals surface area (Å²) in [5.41, 5.74) is 0. The van der Waals surface area contributed by atoms with E-state index in [-0.39, 0.29) is 11.9 Å². The summed E-state index contributed by atoms with van der Waals surface area (Å²) in [6.07, 6.45) is 2.59. The van der Waals surface area contributed by atoms with Gasteiger partial charge in [-0.1, -0.05) is 6.92 Å². The maximum atomic E-state index is 11.4. The van der Waals surface area contributed by atoms with Gasteiger partial charge in [0.25, 0.3) is 0 Å². The second-order valence-corrected chi connectivity index (χ2v) is 6.37. The number of ether oxygens (including phenoxy) is 1. The van der Waals surface area contributed by atoms with Crippen molar-refractivity contribution >= 4 is 17.7 Å². The molecule has 0 spiro atoms. The number of thioether (sulfide) groups is 1. The molecule has 3 nitrogen and oxygen atoms in total. The normalized spacial score (nSPS) is 26.7. The van der Waals surface area contributed by atoms with Gasteiger partial charge in [-0.25, -0.2) is 0 Å². The monoisotopic (exact) mass is 245 g/mol. The molecule has 0 bridgehead atoms. The number of nitrogens with one attached hydrogen (secondary N) is 1. The predicted octanol–water partition coefficient (Wildman–Crippen LogP) is 2.06. The molecular weight excluding hydrogens is 222 g/mol. The zero-order chi connectivity index (χ0) is 12.0. The lowest BCUT2D eigenvalue weighted by Crippen LogP contribution is -2.37. The van der Waals surface area contributed by atoms with Crippen molar-refractivity contribution in [2.75, 3.05) is 25.4 Å². The average Bonchev–Trinajstić information content (AvgIpc) is 2.65. The van der Waals surface area contributed by atoms with Gasteiger partial charge in [-0.05, 0) is 32.4 Å². The molecule has 1 N–H and O–H groups in total. The van der Waals surface area contributed by atoms with Gasteiger partial charge in [0.15, 0.2) is 0 Å². The van der Waals surface area contributed by atoms with Gasteiger partial charge in [0.1, 0.15) is 0 Å². The number of hydrogen-bond acceptors (Lipinski definition) is 4. The second kappa shape index (κ2) is 6.50. The van der Waals surface area contributed by atoms with Crippen LogP contribution in [-0.2, 0) is 9.53 Å². The second-order valence-electron chi connectivity index (χ2n) is 4.69. The molecule has 1 fully saturated rings. The minimum atomic E-state index is -0.0979. The van der Waals surface area contributed by atoms with Gasteiger partial charge < -0.3 is 10.1 Å². The molecule has 16 heavy (non-hydrogen) atoms. The highest BCUT2D eigenvalue weighted by molar-refractivity contribution is 8.00. The van der Waals surface area contributed by atoms with Crippen molar-refractivity contribution in [1.29, 1.82) is 0 Å². The Morgan fingerprint density at radius 2 is 2.38 bits per heavy atom. The van der Waals surface area contributed by atoms with Crippen LogP contribution in [0.1, 0.15) is 33.6 Å². The minimum absolute atomic E-state index is 0.0463. The van der Waals surface area contributed by atoms with E-state index in [4.69, 9.17) is 4.74 Å². The van der Waals surface area contributed by atoms with Crippen molar-refractivity contribution in [2.24, 2.45) is 5.92 Å². The summed E-state index contributed by atoms with van der Waals surface area (Å²) < 4.78 is 5.34. The summed E-state index contributed by atoms with van der Waals surface area (Å²) in [6, 6.07) is 0. The summed E-state index contributed by atoms with van der Waals surface area (Å²) >= 11 is 2.04. The van der Waals surface area contributed by atoms with Crippen molar-refractivity contribution in [2.45, 2.75) is 38.4 Å². The highest BCUT2D eigenvalue weighted by atomic mass is 32.2. The molecule has 1 rings (SSSR count). The first-order valence-electron chi connectivity index (χ1n) is 6.09. The van der Waals surface area contributed by atoms with Gasteiger partial charge in [-0.2, -0.15) is 11.8 Å². The lowest BCUT2D eigenvalue weighted by molar-refractivity contribution is -0.147. The van der Waals surface area contributed by atoms with Gasteiger partial charge in [0.05, 0.1) is 12.5 Å². The zero-order valence-electron chi connectivity index (χ0n) is 10.5. The molecular formula is C12H23NO2S. The third-order valence-electron chi connectivity index (χ3n) is 2.94. The Morgan fingerprint density at radius 3 is 2.94 bits per heavy atom. The molecule has 0 aromatic carbocycles. The van der Waals surface area contributed by atoms with Crippen molar-refractivity contribution in [3.63, 3.8) is 0 Å². The van der Waals surface area contributed by atoms with Crippen LogP contribution in [0, 0.1) is 5.92 Å². The Balaban J connectivity index is 2.17. The average molecular weight is 245 g/mol. The maximum Gasteiger partial charge on any atom is 0.309 e. The van der Waals surface area contributed by atoms with E-state index in [1.165, 1.54) is 18.6 Å². The largest absolute Gasteiger partial charge is 0.466 e. The van der Waals surface area contributed by atoms with Crippen molar-refractivity contribution in [3.05, 3.63) is 0 Å². The van der Waals surface area contributed by atoms with E-state index < -0.39 is 0 Å². The predicted molar refractivity (Wildman–Crippen MR) is 68.8 cm³/mol. The number of rotatable bonds is 6. The van der Waals surface area contributed by atoms with Crippen LogP contribution in [0.5, 0.6) is 0 Å². The first kappa shape index (κ1) is 13.8. The van der Waals surface area contributed by atoms with Crippen LogP contribution in [0.15, 0.2) is 0 Å².